The highest BCUT2D eigenvalue weighted by molar-refractivity contribution is 7.90. The van der Waals surface area contributed by atoms with Gasteiger partial charge in [0.25, 0.3) is 0 Å². The molecule has 1 amide bonds. The zero-order valence-corrected chi connectivity index (χ0v) is 24.7. The van der Waals surface area contributed by atoms with Gasteiger partial charge in [-0.1, -0.05) is 60.5 Å². The third kappa shape index (κ3) is 5.99. The van der Waals surface area contributed by atoms with E-state index < -0.39 is 20.7 Å². The number of benzene rings is 2. The number of hydrogen-bond donors (Lipinski definition) is 1. The lowest BCUT2D eigenvalue weighted by Crippen LogP contribution is -2.59. The van der Waals surface area contributed by atoms with Gasteiger partial charge in [0, 0.05) is 28.5 Å². The van der Waals surface area contributed by atoms with E-state index in [4.69, 9.17) is 23.2 Å². The van der Waals surface area contributed by atoms with E-state index in [2.05, 4.69) is 24.3 Å². The standard InChI is InChI=1S/C30H38Cl2N2O3S/c1-5-16-30(6-2)18-26(23-8-7-9-25(32)17-23)28(22-12-14-24(31)15-13-22)34(29(30)35)27(21-10-11-21)19-33-38(36,37)20(3)4/h5,7-9,12-15,17,20-21,26-28,33H,1,6,10-11,16,18-19H2,2-4H3/t26-,27-,28?,30+/m1/s1. The topological polar surface area (TPSA) is 66.5 Å². The Morgan fingerprint density at radius 2 is 1.79 bits per heavy atom. The van der Waals surface area contributed by atoms with Gasteiger partial charge in [0.1, 0.15) is 0 Å². The molecule has 1 N–H and O–H groups in total. The highest BCUT2D eigenvalue weighted by atomic mass is 35.5. The van der Waals surface area contributed by atoms with E-state index in [0.717, 1.165) is 24.0 Å². The van der Waals surface area contributed by atoms with Crippen molar-refractivity contribution in [3.8, 4) is 0 Å². The Morgan fingerprint density at radius 1 is 1.11 bits per heavy atom. The van der Waals surface area contributed by atoms with E-state index in [9.17, 15) is 13.2 Å². The first-order valence-electron chi connectivity index (χ1n) is 13.5. The fourth-order valence-corrected chi connectivity index (χ4v) is 6.95. The Bertz CT molecular complexity index is 1260. The van der Waals surface area contributed by atoms with Gasteiger partial charge < -0.3 is 4.90 Å². The largest absolute Gasteiger partial charge is 0.330 e. The molecule has 1 saturated heterocycles. The quantitative estimate of drug-likeness (QED) is 0.289. The predicted octanol–water partition coefficient (Wildman–Crippen LogP) is 7.13. The lowest BCUT2D eigenvalue weighted by atomic mass is 9.65. The molecular formula is C30H38Cl2N2O3S. The first-order chi connectivity index (χ1) is 18.0. The average molecular weight is 578 g/mol. The SMILES string of the molecule is C=CC[C@@]1(CC)C[C@H](c2cccc(Cl)c2)C(c2ccc(Cl)cc2)N([C@H](CNS(=O)(=O)C(C)C)C2CC2)C1=O. The maximum Gasteiger partial charge on any atom is 0.229 e. The van der Waals surface area contributed by atoms with Crippen LogP contribution in [0.3, 0.4) is 0 Å². The molecule has 1 aliphatic carbocycles. The number of nitrogens with zero attached hydrogens (tertiary/aromatic N) is 1. The molecule has 2 fully saturated rings. The molecule has 5 nitrogen and oxygen atoms in total. The van der Waals surface area contributed by atoms with Crippen LogP contribution in [0, 0.1) is 11.3 Å². The number of piperidine rings is 1. The van der Waals surface area contributed by atoms with Crippen molar-refractivity contribution in [3.63, 3.8) is 0 Å². The highest BCUT2D eigenvalue weighted by Crippen LogP contribution is 2.55. The number of halogens is 2. The van der Waals surface area contributed by atoms with Crippen LogP contribution in [0.25, 0.3) is 0 Å². The fraction of sp³-hybridized carbons (Fsp3) is 0.500. The third-order valence-electron chi connectivity index (χ3n) is 8.32. The maximum absolute atomic E-state index is 14.6. The van der Waals surface area contributed by atoms with Crippen molar-refractivity contribution >= 4 is 39.1 Å². The number of likely N-dealkylation sites (tertiary alicyclic amines) is 1. The number of amides is 1. The van der Waals surface area contributed by atoms with Crippen molar-refractivity contribution in [1.82, 2.24) is 9.62 Å². The molecule has 1 unspecified atom stereocenters. The summed E-state index contributed by atoms with van der Waals surface area (Å²) < 4.78 is 28.4. The summed E-state index contributed by atoms with van der Waals surface area (Å²) in [6.45, 7) is 9.57. The van der Waals surface area contributed by atoms with E-state index in [1.165, 1.54) is 0 Å². The van der Waals surface area contributed by atoms with Gasteiger partial charge in [0.2, 0.25) is 15.9 Å². The molecule has 1 aliphatic heterocycles. The van der Waals surface area contributed by atoms with E-state index in [1.54, 1.807) is 13.8 Å². The number of hydrogen-bond acceptors (Lipinski definition) is 3. The molecule has 8 heteroatoms. The molecule has 1 saturated carbocycles. The number of carbonyl (C=O) groups is 1. The molecule has 2 aromatic rings. The Morgan fingerprint density at radius 3 is 2.34 bits per heavy atom. The second kappa shape index (κ2) is 11.7. The van der Waals surface area contributed by atoms with Gasteiger partial charge in [-0.05, 0) is 87.3 Å². The summed E-state index contributed by atoms with van der Waals surface area (Å²) in [6, 6.07) is 15.0. The van der Waals surface area contributed by atoms with Gasteiger partial charge in [-0.25, -0.2) is 13.1 Å². The van der Waals surface area contributed by atoms with E-state index in [-0.39, 0.29) is 36.4 Å². The lowest BCUT2D eigenvalue weighted by molar-refractivity contribution is -0.156. The van der Waals surface area contributed by atoms with Crippen LogP contribution >= 0.6 is 23.2 Å². The molecule has 1 heterocycles. The average Bonchev–Trinajstić information content (AvgIpc) is 3.72. The Labute approximate surface area is 237 Å². The molecule has 2 aromatic carbocycles. The number of allylic oxidation sites excluding steroid dienone is 1. The van der Waals surface area contributed by atoms with E-state index >= 15 is 0 Å². The van der Waals surface area contributed by atoms with Crippen molar-refractivity contribution in [2.24, 2.45) is 11.3 Å². The van der Waals surface area contributed by atoms with Crippen molar-refractivity contribution in [1.29, 1.82) is 0 Å². The summed E-state index contributed by atoms with van der Waals surface area (Å²) in [7, 11) is -3.50. The van der Waals surface area contributed by atoms with Crippen LogP contribution in [0.4, 0.5) is 0 Å². The molecule has 38 heavy (non-hydrogen) atoms. The smallest absolute Gasteiger partial charge is 0.229 e. The van der Waals surface area contributed by atoms with Crippen LogP contribution in [-0.4, -0.2) is 37.1 Å². The predicted molar refractivity (Wildman–Crippen MR) is 156 cm³/mol. The Kier molecular flexibility index (Phi) is 8.98. The summed E-state index contributed by atoms with van der Waals surface area (Å²) in [5, 5.41) is 0.719. The summed E-state index contributed by atoms with van der Waals surface area (Å²) in [5.74, 6) is 0.259. The fourth-order valence-electron chi connectivity index (χ4n) is 5.89. The number of carbonyl (C=O) groups excluding carboxylic acids is 1. The molecule has 2 aliphatic rings. The van der Waals surface area contributed by atoms with Crippen molar-refractivity contribution in [2.45, 2.75) is 76.1 Å². The lowest BCUT2D eigenvalue weighted by Gasteiger charge is -2.53. The highest BCUT2D eigenvalue weighted by Gasteiger charge is 2.54. The molecule has 0 spiro atoms. The summed E-state index contributed by atoms with van der Waals surface area (Å²) in [6.07, 6.45) is 5.63. The number of sulfonamides is 1. The third-order valence-corrected chi connectivity index (χ3v) is 10.6. The van der Waals surface area contributed by atoms with Crippen molar-refractivity contribution in [3.05, 3.63) is 82.4 Å². The van der Waals surface area contributed by atoms with Crippen molar-refractivity contribution in [2.75, 3.05) is 6.54 Å². The minimum absolute atomic E-state index is 0.0459. The second-order valence-corrected chi connectivity index (χ2v) is 14.2. The van der Waals surface area contributed by atoms with Gasteiger partial charge in [0.05, 0.1) is 16.7 Å². The number of nitrogens with one attached hydrogen (secondary N) is 1. The monoisotopic (exact) mass is 576 g/mol. The Hall–Kier alpha value is -1.86. The molecule has 206 valence electrons. The van der Waals surface area contributed by atoms with Crippen molar-refractivity contribution < 1.29 is 13.2 Å². The first kappa shape index (κ1) is 29.1. The molecule has 4 rings (SSSR count). The summed E-state index contributed by atoms with van der Waals surface area (Å²) in [5.41, 5.74) is 1.41. The van der Waals surface area contributed by atoms with Gasteiger partial charge in [-0.3, -0.25) is 4.79 Å². The van der Waals surface area contributed by atoms with E-state index in [0.29, 0.717) is 29.3 Å². The molecule has 0 bridgehead atoms. The maximum atomic E-state index is 14.6. The molecule has 4 atom stereocenters. The van der Waals surface area contributed by atoms with Gasteiger partial charge >= 0.3 is 0 Å². The van der Waals surface area contributed by atoms with Gasteiger partial charge in [0.15, 0.2) is 0 Å². The normalized spacial score (nSPS) is 25.0. The van der Waals surface area contributed by atoms with Crippen LogP contribution in [0.2, 0.25) is 10.0 Å². The first-order valence-corrected chi connectivity index (χ1v) is 15.8. The van der Waals surface area contributed by atoms with Crippen LogP contribution in [0.1, 0.15) is 76.0 Å². The number of rotatable bonds is 11. The van der Waals surface area contributed by atoms with Crippen LogP contribution in [0.15, 0.2) is 61.2 Å². The molecule has 0 radical (unpaired) electrons. The molecule has 0 aromatic heterocycles. The van der Waals surface area contributed by atoms with E-state index in [1.807, 2.05) is 53.4 Å². The summed E-state index contributed by atoms with van der Waals surface area (Å²) >= 11 is 12.7. The zero-order chi connectivity index (χ0) is 27.7. The zero-order valence-electron chi connectivity index (χ0n) is 22.4. The van der Waals surface area contributed by atoms with Crippen LogP contribution in [0.5, 0.6) is 0 Å². The minimum atomic E-state index is -3.50. The van der Waals surface area contributed by atoms with Crippen LogP contribution < -0.4 is 4.72 Å². The second-order valence-electron chi connectivity index (χ2n) is 11.0. The Balaban J connectivity index is 1.89. The van der Waals surface area contributed by atoms with Gasteiger partial charge in [-0.2, -0.15) is 0 Å². The summed E-state index contributed by atoms with van der Waals surface area (Å²) in [4.78, 5) is 16.7. The molecular weight excluding hydrogens is 539 g/mol. The van der Waals surface area contributed by atoms with Crippen LogP contribution in [-0.2, 0) is 14.8 Å². The van der Waals surface area contributed by atoms with Gasteiger partial charge in [-0.15, -0.1) is 6.58 Å². The minimum Gasteiger partial charge on any atom is -0.330 e.